The standard InChI is InChI=1S/C8H14.C4H10.CH4/c1-2-4-6-8-7-5-3-1;1-4(2)3;/h1-2H,3-8H2;4H,1-3H3;1H4. The van der Waals surface area contributed by atoms with Gasteiger partial charge in [0.1, 0.15) is 0 Å². The topological polar surface area (TPSA) is 0 Å². The molecule has 0 atom stereocenters. The molecule has 0 N–H and O–H groups in total. The Balaban J connectivity index is 0. The fraction of sp³-hybridized carbons (Fsp3) is 0.846. The first kappa shape index (κ1) is 15.2. The van der Waals surface area contributed by atoms with Crippen molar-refractivity contribution in [3.05, 3.63) is 12.2 Å². The highest BCUT2D eigenvalue weighted by Gasteiger charge is 1.89. The molecule has 0 nitrogen and oxygen atoms in total. The van der Waals surface area contributed by atoms with Crippen LogP contribution in [0.4, 0.5) is 0 Å². The normalized spacial score (nSPS) is 16.3. The Morgan fingerprint density at radius 3 is 1.38 bits per heavy atom. The third-order valence-corrected chi connectivity index (χ3v) is 1.66. The van der Waals surface area contributed by atoms with Crippen LogP contribution in [0.1, 0.15) is 66.7 Å². The molecule has 0 aromatic carbocycles. The van der Waals surface area contributed by atoms with Crippen molar-refractivity contribution in [1.82, 2.24) is 0 Å². The van der Waals surface area contributed by atoms with Crippen LogP contribution < -0.4 is 0 Å². The lowest BCUT2D eigenvalue weighted by Crippen LogP contribution is -1.80. The van der Waals surface area contributed by atoms with Crippen molar-refractivity contribution >= 4 is 0 Å². The Hall–Kier alpha value is -0.260. The van der Waals surface area contributed by atoms with Gasteiger partial charge >= 0.3 is 0 Å². The van der Waals surface area contributed by atoms with Crippen molar-refractivity contribution in [3.8, 4) is 0 Å². The first-order valence-corrected chi connectivity index (χ1v) is 5.38. The largest absolute Gasteiger partial charge is 0.0885 e. The summed E-state index contributed by atoms with van der Waals surface area (Å²) in [7, 11) is 0. The summed E-state index contributed by atoms with van der Waals surface area (Å²) in [6.45, 7) is 6.50. The van der Waals surface area contributed by atoms with Crippen LogP contribution in [0.5, 0.6) is 0 Å². The summed E-state index contributed by atoms with van der Waals surface area (Å²) in [6.07, 6.45) is 13.0. The van der Waals surface area contributed by atoms with Crippen LogP contribution in [0, 0.1) is 5.92 Å². The molecule has 0 saturated heterocycles. The lowest BCUT2D eigenvalue weighted by atomic mass is 10.1. The number of hydrogen-bond acceptors (Lipinski definition) is 0. The molecule has 80 valence electrons. The van der Waals surface area contributed by atoms with Crippen molar-refractivity contribution < 1.29 is 0 Å². The zero-order valence-electron chi connectivity index (χ0n) is 8.97. The van der Waals surface area contributed by atoms with Crippen LogP contribution in [0.2, 0.25) is 0 Å². The molecule has 0 aliphatic heterocycles. The average Bonchev–Trinajstić information content (AvgIpc) is 1.82. The first-order chi connectivity index (χ1) is 5.73. The van der Waals surface area contributed by atoms with E-state index in [1.54, 1.807) is 0 Å². The van der Waals surface area contributed by atoms with Gasteiger partial charge in [-0.05, 0) is 31.6 Å². The van der Waals surface area contributed by atoms with Gasteiger partial charge in [-0.1, -0.05) is 53.2 Å². The van der Waals surface area contributed by atoms with Crippen LogP contribution in [0.3, 0.4) is 0 Å². The highest BCUT2D eigenvalue weighted by Crippen LogP contribution is 2.09. The molecule has 0 bridgehead atoms. The van der Waals surface area contributed by atoms with E-state index in [1.807, 2.05) is 0 Å². The second-order valence-electron chi connectivity index (χ2n) is 4.20. The predicted octanol–water partition coefficient (Wildman–Crippen LogP) is 5.20. The zero-order valence-corrected chi connectivity index (χ0v) is 8.97. The Bertz CT molecular complexity index is 87.9. The molecule has 0 radical (unpaired) electrons. The number of rotatable bonds is 0. The third kappa shape index (κ3) is 18.6. The van der Waals surface area contributed by atoms with Crippen LogP contribution in [-0.4, -0.2) is 0 Å². The van der Waals surface area contributed by atoms with E-state index in [9.17, 15) is 0 Å². The molecule has 0 heteroatoms. The molecule has 0 fully saturated rings. The molecule has 0 amide bonds. The highest BCUT2D eigenvalue weighted by atomic mass is 14.0. The summed E-state index contributed by atoms with van der Waals surface area (Å²) < 4.78 is 0. The Labute approximate surface area is 85.4 Å². The van der Waals surface area contributed by atoms with Crippen molar-refractivity contribution in [2.75, 3.05) is 0 Å². The maximum atomic E-state index is 2.32. The van der Waals surface area contributed by atoms with Gasteiger partial charge in [-0.15, -0.1) is 0 Å². The van der Waals surface area contributed by atoms with E-state index in [4.69, 9.17) is 0 Å². The Morgan fingerprint density at radius 2 is 1.08 bits per heavy atom. The quantitative estimate of drug-likeness (QED) is 0.454. The maximum Gasteiger partial charge on any atom is -0.0351 e. The smallest absolute Gasteiger partial charge is 0.0351 e. The predicted molar refractivity (Wildman–Crippen MR) is 64.1 cm³/mol. The van der Waals surface area contributed by atoms with Gasteiger partial charge in [-0.3, -0.25) is 0 Å². The van der Waals surface area contributed by atoms with Crippen LogP contribution in [-0.2, 0) is 0 Å². The molecule has 1 aliphatic carbocycles. The monoisotopic (exact) mass is 184 g/mol. The molecular formula is C13H28. The number of allylic oxidation sites excluding steroid dienone is 2. The molecule has 0 heterocycles. The lowest BCUT2D eigenvalue weighted by molar-refractivity contribution is 0.638. The molecule has 0 spiro atoms. The maximum absolute atomic E-state index is 2.32. The SMILES string of the molecule is C.C1=CCCCCCC1.CC(C)C. The van der Waals surface area contributed by atoms with Crippen LogP contribution >= 0.6 is 0 Å². The first-order valence-electron chi connectivity index (χ1n) is 5.38. The van der Waals surface area contributed by atoms with Gasteiger partial charge < -0.3 is 0 Å². The van der Waals surface area contributed by atoms with Gasteiger partial charge in [0, 0.05) is 0 Å². The van der Waals surface area contributed by atoms with Gasteiger partial charge in [-0.25, -0.2) is 0 Å². The molecule has 13 heavy (non-hydrogen) atoms. The summed E-state index contributed by atoms with van der Waals surface area (Å²) in [5.74, 6) is 0.833. The summed E-state index contributed by atoms with van der Waals surface area (Å²) in [6, 6.07) is 0. The summed E-state index contributed by atoms with van der Waals surface area (Å²) in [5, 5.41) is 0. The average molecular weight is 184 g/mol. The zero-order chi connectivity index (χ0) is 9.23. The van der Waals surface area contributed by atoms with Gasteiger partial charge in [0.15, 0.2) is 0 Å². The van der Waals surface area contributed by atoms with E-state index in [1.165, 1.54) is 38.5 Å². The fourth-order valence-electron chi connectivity index (χ4n) is 1.11. The minimum absolute atomic E-state index is 0. The molecule has 0 aromatic rings. The van der Waals surface area contributed by atoms with Crippen LogP contribution in [0.25, 0.3) is 0 Å². The molecule has 0 saturated carbocycles. The van der Waals surface area contributed by atoms with Gasteiger partial charge in [-0.2, -0.15) is 0 Å². The molecule has 0 unspecified atom stereocenters. The third-order valence-electron chi connectivity index (χ3n) is 1.66. The molecular weight excluding hydrogens is 156 g/mol. The van der Waals surface area contributed by atoms with Gasteiger partial charge in [0.05, 0.1) is 0 Å². The minimum Gasteiger partial charge on any atom is -0.0885 e. The van der Waals surface area contributed by atoms with Crippen molar-refractivity contribution in [2.24, 2.45) is 5.92 Å². The van der Waals surface area contributed by atoms with Crippen LogP contribution in [0.15, 0.2) is 12.2 Å². The fourth-order valence-corrected chi connectivity index (χ4v) is 1.11. The second-order valence-corrected chi connectivity index (χ2v) is 4.20. The van der Waals surface area contributed by atoms with E-state index < -0.39 is 0 Å². The Morgan fingerprint density at radius 1 is 0.769 bits per heavy atom. The van der Waals surface area contributed by atoms with E-state index in [0.717, 1.165) is 5.92 Å². The Kier molecular flexibility index (Phi) is 13.7. The van der Waals surface area contributed by atoms with Crippen molar-refractivity contribution in [3.63, 3.8) is 0 Å². The van der Waals surface area contributed by atoms with E-state index in [-0.39, 0.29) is 7.43 Å². The summed E-state index contributed by atoms with van der Waals surface area (Å²) >= 11 is 0. The molecule has 0 aromatic heterocycles. The molecule has 1 aliphatic rings. The van der Waals surface area contributed by atoms with Gasteiger partial charge in [0.25, 0.3) is 0 Å². The lowest BCUT2D eigenvalue weighted by Gasteiger charge is -2.00. The van der Waals surface area contributed by atoms with E-state index in [2.05, 4.69) is 32.9 Å². The highest BCUT2D eigenvalue weighted by molar-refractivity contribution is 4.82. The van der Waals surface area contributed by atoms with Crippen molar-refractivity contribution in [1.29, 1.82) is 0 Å². The minimum atomic E-state index is 0. The van der Waals surface area contributed by atoms with E-state index >= 15 is 0 Å². The second kappa shape index (κ2) is 11.7. The summed E-state index contributed by atoms with van der Waals surface area (Å²) in [4.78, 5) is 0. The summed E-state index contributed by atoms with van der Waals surface area (Å²) in [5.41, 5.74) is 0. The van der Waals surface area contributed by atoms with Gasteiger partial charge in [0.2, 0.25) is 0 Å². The van der Waals surface area contributed by atoms with E-state index in [0.29, 0.717) is 0 Å². The molecule has 1 rings (SSSR count). The van der Waals surface area contributed by atoms with Crippen molar-refractivity contribution in [2.45, 2.75) is 66.7 Å². The number of hydrogen-bond donors (Lipinski definition) is 0.